The number of piperidine rings is 1. The van der Waals surface area contributed by atoms with Gasteiger partial charge in [0.2, 0.25) is 5.91 Å². The van der Waals surface area contributed by atoms with Gasteiger partial charge in [-0.05, 0) is 37.7 Å². The lowest BCUT2D eigenvalue weighted by molar-refractivity contribution is -0.131. The van der Waals surface area contributed by atoms with Crippen LogP contribution in [-0.2, 0) is 4.79 Å². The van der Waals surface area contributed by atoms with E-state index in [1.165, 1.54) is 0 Å². The predicted molar refractivity (Wildman–Crippen MR) is 96.3 cm³/mol. The summed E-state index contributed by atoms with van der Waals surface area (Å²) in [5.74, 6) is 0.192. The van der Waals surface area contributed by atoms with Crippen molar-refractivity contribution < 1.29 is 9.59 Å². The maximum atomic E-state index is 12.8. The smallest absolute Gasteiger partial charge is 0.320 e. The minimum absolute atomic E-state index is 0.0352. The van der Waals surface area contributed by atoms with Gasteiger partial charge in [-0.15, -0.1) is 0 Å². The number of benzene rings is 1. The van der Waals surface area contributed by atoms with Gasteiger partial charge in [-0.3, -0.25) is 4.79 Å². The third-order valence-corrected chi connectivity index (χ3v) is 6.47. The number of amides is 3. The van der Waals surface area contributed by atoms with Crippen LogP contribution in [0.4, 0.5) is 4.79 Å². The SMILES string of the molecule is CN1C(=O)[C@@H](c2ccccc2)CC12CCN(C(=O)N1CCCC1)CC2. The van der Waals surface area contributed by atoms with Gasteiger partial charge in [0.15, 0.2) is 0 Å². The molecule has 3 heterocycles. The van der Waals surface area contributed by atoms with Crippen LogP contribution in [0.15, 0.2) is 30.3 Å². The molecule has 3 aliphatic heterocycles. The Hall–Kier alpha value is -2.04. The molecule has 3 saturated heterocycles. The maximum absolute atomic E-state index is 12.8. The molecule has 0 unspecified atom stereocenters. The molecule has 0 bridgehead atoms. The third kappa shape index (κ3) is 2.79. The molecule has 0 saturated carbocycles. The van der Waals surface area contributed by atoms with Crippen molar-refractivity contribution in [1.82, 2.24) is 14.7 Å². The van der Waals surface area contributed by atoms with Gasteiger partial charge in [0, 0.05) is 38.8 Å². The van der Waals surface area contributed by atoms with Crippen molar-refractivity contribution in [2.45, 2.75) is 43.6 Å². The Kier molecular flexibility index (Phi) is 4.18. The molecule has 0 radical (unpaired) electrons. The number of urea groups is 1. The molecule has 3 amide bonds. The van der Waals surface area contributed by atoms with E-state index >= 15 is 0 Å². The quantitative estimate of drug-likeness (QED) is 0.788. The Bertz CT molecular complexity index is 646. The molecule has 5 heteroatoms. The summed E-state index contributed by atoms with van der Waals surface area (Å²) in [6.07, 6.45) is 4.90. The largest absolute Gasteiger partial charge is 0.339 e. The van der Waals surface area contributed by atoms with E-state index < -0.39 is 0 Å². The van der Waals surface area contributed by atoms with Gasteiger partial charge in [-0.2, -0.15) is 0 Å². The van der Waals surface area contributed by atoms with E-state index in [1.807, 2.05) is 39.9 Å². The molecular weight excluding hydrogens is 314 g/mol. The van der Waals surface area contributed by atoms with Crippen LogP contribution in [0.3, 0.4) is 0 Å². The van der Waals surface area contributed by atoms with E-state index in [4.69, 9.17) is 0 Å². The summed E-state index contributed by atoms with van der Waals surface area (Å²) in [6, 6.07) is 10.3. The van der Waals surface area contributed by atoms with Crippen molar-refractivity contribution in [1.29, 1.82) is 0 Å². The number of nitrogens with zero attached hydrogens (tertiary/aromatic N) is 3. The lowest BCUT2D eigenvalue weighted by atomic mass is 9.81. The number of likely N-dealkylation sites (tertiary alicyclic amines) is 3. The van der Waals surface area contributed by atoms with Crippen LogP contribution in [0.25, 0.3) is 0 Å². The molecule has 134 valence electrons. The molecule has 3 fully saturated rings. The molecule has 0 N–H and O–H groups in total. The highest BCUT2D eigenvalue weighted by Crippen LogP contribution is 2.44. The Morgan fingerprint density at radius 1 is 1.00 bits per heavy atom. The zero-order valence-corrected chi connectivity index (χ0v) is 15.0. The summed E-state index contributed by atoms with van der Waals surface area (Å²) in [6.45, 7) is 3.31. The first-order chi connectivity index (χ1) is 12.1. The second-order valence-electron chi connectivity index (χ2n) is 7.75. The summed E-state index contributed by atoms with van der Waals surface area (Å²) in [7, 11) is 1.95. The lowest BCUT2D eigenvalue weighted by Crippen LogP contribution is -2.54. The highest BCUT2D eigenvalue weighted by Gasteiger charge is 2.51. The zero-order chi connectivity index (χ0) is 17.4. The van der Waals surface area contributed by atoms with Gasteiger partial charge in [0.05, 0.1) is 5.92 Å². The first-order valence-electron chi connectivity index (χ1n) is 9.47. The predicted octanol–water partition coefficient (Wildman–Crippen LogP) is 2.68. The number of carbonyl (C=O) groups is 2. The second-order valence-corrected chi connectivity index (χ2v) is 7.75. The Balaban J connectivity index is 1.45. The summed E-state index contributed by atoms with van der Waals surface area (Å²) < 4.78 is 0. The van der Waals surface area contributed by atoms with Crippen LogP contribution >= 0.6 is 0 Å². The number of rotatable bonds is 1. The summed E-state index contributed by atoms with van der Waals surface area (Å²) in [4.78, 5) is 31.4. The van der Waals surface area contributed by atoms with Gasteiger partial charge >= 0.3 is 6.03 Å². The lowest BCUT2D eigenvalue weighted by Gasteiger charge is -2.44. The van der Waals surface area contributed by atoms with Crippen molar-refractivity contribution in [2.24, 2.45) is 0 Å². The third-order valence-electron chi connectivity index (χ3n) is 6.47. The summed E-state index contributed by atoms with van der Waals surface area (Å²) in [5, 5.41) is 0. The molecule has 5 nitrogen and oxygen atoms in total. The standard InChI is InChI=1S/C20H27N3O2/c1-21-18(24)17(16-7-3-2-4-8-16)15-20(21)9-13-23(14-10-20)19(25)22-11-5-6-12-22/h2-4,7-8,17H,5-6,9-15H2,1H3/t17-/m1/s1. The molecule has 1 aromatic carbocycles. The van der Waals surface area contributed by atoms with E-state index in [9.17, 15) is 9.59 Å². The number of likely N-dealkylation sites (N-methyl/N-ethyl adjacent to an activating group) is 1. The zero-order valence-electron chi connectivity index (χ0n) is 15.0. The normalized spacial score (nSPS) is 25.9. The van der Waals surface area contributed by atoms with Gasteiger partial charge in [0.25, 0.3) is 0 Å². The highest BCUT2D eigenvalue weighted by molar-refractivity contribution is 5.87. The van der Waals surface area contributed by atoms with Crippen molar-refractivity contribution in [3.63, 3.8) is 0 Å². The van der Waals surface area contributed by atoms with Crippen LogP contribution in [0.2, 0.25) is 0 Å². The van der Waals surface area contributed by atoms with E-state index in [-0.39, 0.29) is 23.4 Å². The number of hydrogen-bond donors (Lipinski definition) is 0. The Morgan fingerprint density at radius 3 is 2.24 bits per heavy atom. The molecule has 4 rings (SSSR count). The Morgan fingerprint density at radius 2 is 1.60 bits per heavy atom. The molecular formula is C20H27N3O2. The molecule has 1 aromatic rings. The number of carbonyl (C=O) groups excluding carboxylic acids is 2. The van der Waals surface area contributed by atoms with E-state index in [0.717, 1.165) is 63.8 Å². The Labute approximate surface area is 149 Å². The van der Waals surface area contributed by atoms with Gasteiger partial charge in [-0.25, -0.2) is 4.79 Å². The van der Waals surface area contributed by atoms with Crippen molar-refractivity contribution in [3.8, 4) is 0 Å². The molecule has 1 atom stereocenters. The second kappa shape index (κ2) is 6.36. The van der Waals surface area contributed by atoms with Crippen molar-refractivity contribution in [2.75, 3.05) is 33.2 Å². The summed E-state index contributed by atoms with van der Waals surface area (Å²) >= 11 is 0. The fourth-order valence-electron chi connectivity index (χ4n) is 4.78. The van der Waals surface area contributed by atoms with Gasteiger partial charge < -0.3 is 14.7 Å². The van der Waals surface area contributed by atoms with Crippen LogP contribution in [0.1, 0.15) is 43.6 Å². The van der Waals surface area contributed by atoms with Crippen LogP contribution in [0, 0.1) is 0 Å². The highest BCUT2D eigenvalue weighted by atomic mass is 16.2. The minimum Gasteiger partial charge on any atom is -0.339 e. The van der Waals surface area contributed by atoms with Crippen LogP contribution in [0.5, 0.6) is 0 Å². The van der Waals surface area contributed by atoms with Crippen LogP contribution in [-0.4, -0.2) is 65.4 Å². The summed E-state index contributed by atoms with van der Waals surface area (Å²) in [5.41, 5.74) is 1.03. The number of hydrogen-bond acceptors (Lipinski definition) is 2. The van der Waals surface area contributed by atoms with Crippen molar-refractivity contribution >= 4 is 11.9 Å². The fourth-order valence-corrected chi connectivity index (χ4v) is 4.78. The van der Waals surface area contributed by atoms with Crippen molar-refractivity contribution in [3.05, 3.63) is 35.9 Å². The average molecular weight is 341 g/mol. The van der Waals surface area contributed by atoms with E-state index in [0.29, 0.717) is 0 Å². The topological polar surface area (TPSA) is 43.9 Å². The molecule has 0 aromatic heterocycles. The van der Waals surface area contributed by atoms with E-state index in [2.05, 4.69) is 12.1 Å². The van der Waals surface area contributed by atoms with Crippen LogP contribution < -0.4 is 0 Å². The fraction of sp³-hybridized carbons (Fsp3) is 0.600. The molecule has 0 aliphatic carbocycles. The average Bonchev–Trinajstić information content (AvgIpc) is 3.27. The van der Waals surface area contributed by atoms with E-state index in [1.54, 1.807) is 0 Å². The minimum atomic E-state index is -0.0839. The first-order valence-corrected chi connectivity index (χ1v) is 9.47. The first kappa shape index (κ1) is 16.4. The molecule has 25 heavy (non-hydrogen) atoms. The van der Waals surface area contributed by atoms with Gasteiger partial charge in [-0.1, -0.05) is 30.3 Å². The monoisotopic (exact) mass is 341 g/mol. The molecule has 1 spiro atoms. The van der Waals surface area contributed by atoms with Gasteiger partial charge in [0.1, 0.15) is 0 Å². The molecule has 3 aliphatic rings. The maximum Gasteiger partial charge on any atom is 0.320 e.